The molecule has 0 saturated heterocycles. The van der Waals surface area contributed by atoms with E-state index in [2.05, 4.69) is 0 Å². The van der Waals surface area contributed by atoms with E-state index in [0.29, 0.717) is 29.8 Å². The van der Waals surface area contributed by atoms with Gasteiger partial charge in [0.25, 0.3) is 11.8 Å². The van der Waals surface area contributed by atoms with Crippen LogP contribution in [-0.2, 0) is 23.0 Å². The first-order valence-corrected chi connectivity index (χ1v) is 16.7. The topological polar surface area (TPSA) is 124 Å². The zero-order chi connectivity index (χ0) is 34.2. The fourth-order valence-electron chi connectivity index (χ4n) is 5.20. The van der Waals surface area contributed by atoms with Gasteiger partial charge in [-0.3, -0.25) is 9.59 Å². The summed E-state index contributed by atoms with van der Waals surface area (Å²) in [4.78, 5) is 30.6. The highest BCUT2D eigenvalue weighted by Gasteiger charge is 2.26. The molecule has 0 bridgehead atoms. The van der Waals surface area contributed by atoms with Crippen molar-refractivity contribution in [3.05, 3.63) is 100 Å². The van der Waals surface area contributed by atoms with Crippen LogP contribution in [0.1, 0.15) is 64.1 Å². The van der Waals surface area contributed by atoms with Gasteiger partial charge in [0.2, 0.25) is 10.0 Å². The Balaban J connectivity index is 1.99. The molecule has 3 aromatic rings. The van der Waals surface area contributed by atoms with Crippen molar-refractivity contribution >= 4 is 21.8 Å². The first-order chi connectivity index (χ1) is 21.7. The molecule has 0 aliphatic heterocycles. The van der Waals surface area contributed by atoms with Gasteiger partial charge in [0.15, 0.2) is 0 Å². The number of rotatable bonds is 15. The lowest BCUT2D eigenvalue weighted by molar-refractivity contribution is 0.0554. The van der Waals surface area contributed by atoms with Crippen LogP contribution < -0.4 is 5.73 Å². The molecule has 2 amide bonds. The van der Waals surface area contributed by atoms with Crippen LogP contribution in [0.3, 0.4) is 0 Å². The predicted molar refractivity (Wildman–Crippen MR) is 174 cm³/mol. The summed E-state index contributed by atoms with van der Waals surface area (Å²) in [6.45, 7) is 6.51. The summed E-state index contributed by atoms with van der Waals surface area (Å²) in [6, 6.07) is 13.0. The van der Waals surface area contributed by atoms with Gasteiger partial charge < -0.3 is 20.6 Å². The molecule has 12 heteroatoms. The number of nitrogens with two attached hydrogens (primary N) is 1. The van der Waals surface area contributed by atoms with Crippen molar-refractivity contribution in [2.24, 2.45) is 5.73 Å². The lowest BCUT2D eigenvalue weighted by Crippen LogP contribution is -2.46. The van der Waals surface area contributed by atoms with Crippen LogP contribution in [0.2, 0.25) is 0 Å². The van der Waals surface area contributed by atoms with E-state index in [-0.39, 0.29) is 41.4 Å². The first kappa shape index (κ1) is 36.8. The van der Waals surface area contributed by atoms with Crippen molar-refractivity contribution in [1.29, 1.82) is 0 Å². The van der Waals surface area contributed by atoms with E-state index in [9.17, 15) is 31.9 Å². The lowest BCUT2D eigenvalue weighted by atomic mass is 10.00. The molecule has 0 aromatic heterocycles. The van der Waals surface area contributed by atoms with Gasteiger partial charge in [-0.25, -0.2) is 21.5 Å². The molecule has 0 aliphatic rings. The number of hydrogen-bond acceptors (Lipinski definition) is 6. The van der Waals surface area contributed by atoms with E-state index in [1.54, 1.807) is 36.1 Å². The fourth-order valence-corrected chi connectivity index (χ4v) is 6.18. The van der Waals surface area contributed by atoms with Crippen LogP contribution >= 0.6 is 0 Å². The minimum atomic E-state index is -3.77. The third-order valence-electron chi connectivity index (χ3n) is 7.48. The molecule has 0 saturated carbocycles. The highest BCUT2D eigenvalue weighted by Crippen LogP contribution is 2.21. The van der Waals surface area contributed by atoms with Gasteiger partial charge in [0.1, 0.15) is 11.6 Å². The number of carbonyl (C=O) groups is 2. The standard InChI is InChI=1S/C34H44F2N4O5S/c1-6-11-39(12-7-2)33(42)26-13-23(3)14-27(19-26)34(43)40(21-24-9-8-10-30(17-24)46(44,45)38(4)5)22-32(41)31(37)18-25-15-28(35)20-29(36)16-25/h8-10,13-17,19-20,31-32,41H,6-7,11-12,18,21-22,37H2,1-5H3/t31-,32+/m1/s1. The van der Waals surface area contributed by atoms with E-state index < -0.39 is 39.7 Å². The number of amides is 2. The lowest BCUT2D eigenvalue weighted by Gasteiger charge is -2.29. The van der Waals surface area contributed by atoms with Crippen LogP contribution in [-0.4, -0.2) is 85.3 Å². The van der Waals surface area contributed by atoms with Gasteiger partial charge in [-0.05, 0) is 85.3 Å². The third kappa shape index (κ3) is 9.65. The molecule has 9 nitrogen and oxygen atoms in total. The zero-order valence-electron chi connectivity index (χ0n) is 27.0. The average Bonchev–Trinajstić information content (AvgIpc) is 2.99. The minimum absolute atomic E-state index is 0.0307. The van der Waals surface area contributed by atoms with Crippen LogP contribution in [0.25, 0.3) is 0 Å². The molecule has 0 heterocycles. The van der Waals surface area contributed by atoms with E-state index in [4.69, 9.17) is 5.73 Å². The maximum atomic E-state index is 14.1. The van der Waals surface area contributed by atoms with Gasteiger partial charge in [-0.15, -0.1) is 0 Å². The Bertz CT molecular complexity index is 1610. The maximum Gasteiger partial charge on any atom is 0.254 e. The number of aliphatic hydroxyl groups is 1. The van der Waals surface area contributed by atoms with E-state index >= 15 is 0 Å². The quantitative estimate of drug-likeness (QED) is 0.250. The summed E-state index contributed by atoms with van der Waals surface area (Å²) in [5.41, 5.74) is 8.23. The number of halogens is 2. The SMILES string of the molecule is CCCN(CCC)C(=O)c1cc(C)cc(C(=O)N(Cc2cccc(S(=O)(=O)N(C)C)c2)C[C@H](O)[C@H](N)Cc2cc(F)cc(F)c2)c1. The number of aliphatic hydroxyl groups excluding tert-OH is 1. The monoisotopic (exact) mass is 658 g/mol. The number of benzene rings is 3. The summed E-state index contributed by atoms with van der Waals surface area (Å²) >= 11 is 0. The Morgan fingerprint density at radius 1 is 0.848 bits per heavy atom. The van der Waals surface area contributed by atoms with Gasteiger partial charge in [-0.2, -0.15) is 0 Å². The Morgan fingerprint density at radius 2 is 1.41 bits per heavy atom. The molecule has 3 rings (SSSR count). The summed E-state index contributed by atoms with van der Waals surface area (Å²) < 4.78 is 54.2. The molecule has 46 heavy (non-hydrogen) atoms. The Morgan fingerprint density at radius 3 is 1.96 bits per heavy atom. The largest absolute Gasteiger partial charge is 0.390 e. The summed E-state index contributed by atoms with van der Waals surface area (Å²) in [6.07, 6.45) is 0.169. The second-order valence-electron chi connectivity index (χ2n) is 11.7. The highest BCUT2D eigenvalue weighted by atomic mass is 32.2. The Hall–Kier alpha value is -3.71. The average molecular weight is 659 g/mol. The molecule has 0 radical (unpaired) electrons. The molecule has 3 N–H and O–H groups in total. The van der Waals surface area contributed by atoms with Crippen LogP contribution in [0.5, 0.6) is 0 Å². The second kappa shape index (κ2) is 16.2. The number of hydrogen-bond donors (Lipinski definition) is 2. The molecule has 0 fully saturated rings. The summed E-state index contributed by atoms with van der Waals surface area (Å²) in [5.74, 6) is -2.26. The van der Waals surface area contributed by atoms with E-state index in [1.807, 2.05) is 13.8 Å². The Labute approximate surface area is 270 Å². The van der Waals surface area contributed by atoms with E-state index in [1.165, 1.54) is 37.2 Å². The zero-order valence-corrected chi connectivity index (χ0v) is 27.9. The molecule has 0 aliphatic carbocycles. The number of sulfonamides is 1. The van der Waals surface area contributed by atoms with Crippen LogP contribution in [0.15, 0.2) is 65.6 Å². The summed E-state index contributed by atoms with van der Waals surface area (Å²) in [7, 11) is -0.936. The predicted octanol–water partition coefficient (Wildman–Crippen LogP) is 4.36. The van der Waals surface area contributed by atoms with Crippen molar-refractivity contribution < 1.29 is 31.9 Å². The Kier molecular flexibility index (Phi) is 13.0. The number of nitrogens with zero attached hydrogens (tertiary/aromatic N) is 3. The molecule has 0 spiro atoms. The molecule has 2 atom stereocenters. The van der Waals surface area contributed by atoms with Gasteiger partial charge in [-0.1, -0.05) is 26.0 Å². The van der Waals surface area contributed by atoms with Crippen molar-refractivity contribution in [3.63, 3.8) is 0 Å². The minimum Gasteiger partial charge on any atom is -0.390 e. The van der Waals surface area contributed by atoms with Crippen molar-refractivity contribution in [2.75, 3.05) is 33.7 Å². The van der Waals surface area contributed by atoms with Crippen LogP contribution in [0, 0.1) is 18.6 Å². The maximum absolute atomic E-state index is 14.1. The van der Waals surface area contributed by atoms with Crippen molar-refractivity contribution in [1.82, 2.24) is 14.1 Å². The highest BCUT2D eigenvalue weighted by molar-refractivity contribution is 7.89. The molecule has 0 unspecified atom stereocenters. The molecular weight excluding hydrogens is 614 g/mol. The number of aryl methyl sites for hydroxylation is 1. The fraction of sp³-hybridized carbons (Fsp3) is 0.412. The van der Waals surface area contributed by atoms with Crippen LogP contribution in [0.4, 0.5) is 8.78 Å². The molecular formula is C34H44F2N4O5S. The van der Waals surface area contributed by atoms with Crippen molar-refractivity contribution in [3.8, 4) is 0 Å². The van der Waals surface area contributed by atoms with Gasteiger partial charge in [0, 0.05) is 63.5 Å². The molecule has 250 valence electrons. The van der Waals surface area contributed by atoms with Crippen molar-refractivity contribution in [2.45, 2.75) is 63.6 Å². The van der Waals surface area contributed by atoms with Gasteiger partial charge in [0.05, 0.1) is 11.0 Å². The normalized spacial score (nSPS) is 13.0. The third-order valence-corrected chi connectivity index (χ3v) is 9.29. The number of carbonyl (C=O) groups excluding carboxylic acids is 2. The smallest absolute Gasteiger partial charge is 0.254 e. The van der Waals surface area contributed by atoms with Gasteiger partial charge >= 0.3 is 0 Å². The first-order valence-electron chi connectivity index (χ1n) is 15.3. The summed E-state index contributed by atoms with van der Waals surface area (Å²) in [5, 5.41) is 11.1. The second-order valence-corrected chi connectivity index (χ2v) is 13.9. The van der Waals surface area contributed by atoms with E-state index in [0.717, 1.165) is 35.3 Å². The molecule has 3 aromatic carbocycles.